The molecule has 0 spiro atoms. The average molecular weight is 427 g/mol. The molecule has 30 heavy (non-hydrogen) atoms. The highest BCUT2D eigenvalue weighted by Crippen LogP contribution is 2.20. The quantitative estimate of drug-likeness (QED) is 0.625. The van der Waals surface area contributed by atoms with E-state index in [0.717, 1.165) is 11.3 Å². The van der Waals surface area contributed by atoms with Crippen molar-refractivity contribution in [3.63, 3.8) is 0 Å². The Bertz CT molecular complexity index is 860. The van der Waals surface area contributed by atoms with Gasteiger partial charge in [0, 0.05) is 37.2 Å². The van der Waals surface area contributed by atoms with Gasteiger partial charge in [0.1, 0.15) is 12.4 Å². The van der Waals surface area contributed by atoms with E-state index in [1.54, 1.807) is 30.2 Å². The second-order valence-electron chi connectivity index (χ2n) is 7.41. The Morgan fingerprint density at radius 2 is 1.77 bits per heavy atom. The Morgan fingerprint density at radius 1 is 1.10 bits per heavy atom. The highest BCUT2D eigenvalue weighted by molar-refractivity contribution is 6.30. The van der Waals surface area contributed by atoms with Crippen LogP contribution in [0.4, 0.5) is 0 Å². The molecule has 0 N–H and O–H groups in total. The van der Waals surface area contributed by atoms with E-state index in [9.17, 15) is 9.59 Å². The normalized spacial score (nSPS) is 14.7. The third-order valence-corrected chi connectivity index (χ3v) is 5.51. The molecular weight excluding hydrogens is 400 g/mol. The van der Waals surface area contributed by atoms with E-state index in [4.69, 9.17) is 16.3 Å². The summed E-state index contributed by atoms with van der Waals surface area (Å²) in [4.78, 5) is 28.6. The van der Waals surface area contributed by atoms with E-state index in [1.807, 2.05) is 53.4 Å². The average Bonchev–Trinajstić information content (AvgIpc) is 2.79. The third-order valence-electron chi connectivity index (χ3n) is 5.26. The number of rotatable bonds is 7. The maximum absolute atomic E-state index is 12.7. The maximum Gasteiger partial charge on any atom is 0.246 e. The molecule has 2 amide bonds. The molecule has 0 radical (unpaired) electrons. The van der Waals surface area contributed by atoms with Crippen molar-refractivity contribution in [2.45, 2.75) is 12.8 Å². The number of ether oxygens (including phenoxy) is 1. The summed E-state index contributed by atoms with van der Waals surface area (Å²) in [6, 6.07) is 16.9. The maximum atomic E-state index is 12.7. The van der Waals surface area contributed by atoms with E-state index in [0.29, 0.717) is 44.1 Å². The van der Waals surface area contributed by atoms with Crippen LogP contribution in [0.15, 0.2) is 60.7 Å². The zero-order valence-electron chi connectivity index (χ0n) is 17.2. The number of benzene rings is 2. The summed E-state index contributed by atoms with van der Waals surface area (Å²) in [5, 5.41) is 0.662. The predicted molar refractivity (Wildman–Crippen MR) is 119 cm³/mol. The van der Waals surface area contributed by atoms with Crippen LogP contribution in [0.3, 0.4) is 0 Å². The van der Waals surface area contributed by atoms with Crippen molar-refractivity contribution in [3.05, 3.63) is 71.3 Å². The third kappa shape index (κ3) is 6.36. The highest BCUT2D eigenvalue weighted by atomic mass is 35.5. The molecule has 0 saturated carbocycles. The van der Waals surface area contributed by atoms with E-state index >= 15 is 0 Å². The summed E-state index contributed by atoms with van der Waals surface area (Å²) in [7, 11) is 1.80. The lowest BCUT2D eigenvalue weighted by molar-refractivity contribution is -0.138. The molecule has 3 rings (SSSR count). The smallest absolute Gasteiger partial charge is 0.246 e. The van der Waals surface area contributed by atoms with Crippen LogP contribution >= 0.6 is 11.6 Å². The fraction of sp³-hybridized carbons (Fsp3) is 0.333. The number of likely N-dealkylation sites (N-methyl/N-ethyl adjacent to an activating group) is 1. The second-order valence-corrected chi connectivity index (χ2v) is 7.84. The van der Waals surface area contributed by atoms with Gasteiger partial charge in [-0.05, 0) is 48.7 Å². The Kier molecular flexibility index (Phi) is 7.91. The number of halogens is 1. The number of amides is 2. The van der Waals surface area contributed by atoms with Crippen LogP contribution < -0.4 is 4.74 Å². The molecule has 158 valence electrons. The highest BCUT2D eigenvalue weighted by Gasteiger charge is 2.28. The van der Waals surface area contributed by atoms with Crippen LogP contribution in [0, 0.1) is 5.92 Å². The summed E-state index contributed by atoms with van der Waals surface area (Å²) >= 11 is 5.86. The summed E-state index contributed by atoms with van der Waals surface area (Å²) in [6.45, 7) is 2.14. The van der Waals surface area contributed by atoms with Crippen LogP contribution in [0.25, 0.3) is 6.08 Å². The molecule has 6 heteroatoms. The van der Waals surface area contributed by atoms with Crippen LogP contribution in [0.2, 0.25) is 5.02 Å². The molecule has 0 aliphatic carbocycles. The minimum atomic E-state index is -0.0484. The van der Waals surface area contributed by atoms with Gasteiger partial charge in [0.15, 0.2) is 0 Å². The number of likely N-dealkylation sites (tertiary alicyclic amines) is 1. The van der Waals surface area contributed by atoms with Gasteiger partial charge in [-0.15, -0.1) is 0 Å². The van der Waals surface area contributed by atoms with Crippen molar-refractivity contribution >= 4 is 29.5 Å². The zero-order chi connectivity index (χ0) is 21.3. The summed E-state index contributed by atoms with van der Waals surface area (Å²) in [5.74, 6) is 0.791. The van der Waals surface area contributed by atoms with E-state index in [2.05, 4.69) is 0 Å². The molecular formula is C24H27ClN2O3. The van der Waals surface area contributed by atoms with Crippen LogP contribution in [0.5, 0.6) is 5.75 Å². The first kappa shape index (κ1) is 21.9. The molecule has 2 aromatic rings. The van der Waals surface area contributed by atoms with Crippen molar-refractivity contribution < 1.29 is 14.3 Å². The lowest BCUT2D eigenvalue weighted by atomic mass is 9.95. The molecule has 1 aliphatic heterocycles. The molecule has 2 aromatic carbocycles. The van der Waals surface area contributed by atoms with Crippen molar-refractivity contribution in [1.82, 2.24) is 9.80 Å². The molecule has 1 aliphatic rings. The largest absolute Gasteiger partial charge is 0.492 e. The minimum absolute atomic E-state index is 0.00512. The molecule has 5 nitrogen and oxygen atoms in total. The van der Waals surface area contributed by atoms with Gasteiger partial charge in [0.05, 0.1) is 6.54 Å². The molecule has 0 unspecified atom stereocenters. The Labute approximate surface area is 182 Å². The van der Waals surface area contributed by atoms with Crippen molar-refractivity contribution in [2.75, 3.05) is 33.3 Å². The first-order chi connectivity index (χ1) is 14.5. The number of carbonyl (C=O) groups excluding carboxylic acids is 2. The first-order valence-electron chi connectivity index (χ1n) is 10.2. The van der Waals surface area contributed by atoms with Gasteiger partial charge in [-0.2, -0.15) is 0 Å². The van der Waals surface area contributed by atoms with Gasteiger partial charge in [-0.3, -0.25) is 9.59 Å². The standard InChI is InChI=1S/C24H27ClN2O3/c1-26(17-18-30-22-10-8-21(25)9-11-22)24(29)20-13-15-27(16-14-20)23(28)12-7-19-5-3-2-4-6-19/h2-12,20H,13-18H2,1H3/b12-7-. The first-order valence-corrected chi connectivity index (χ1v) is 10.6. The van der Waals surface area contributed by atoms with Gasteiger partial charge >= 0.3 is 0 Å². The molecule has 1 heterocycles. The number of piperidine rings is 1. The van der Waals surface area contributed by atoms with Crippen LogP contribution in [0.1, 0.15) is 18.4 Å². The fourth-order valence-electron chi connectivity index (χ4n) is 3.44. The Balaban J connectivity index is 1.40. The van der Waals surface area contributed by atoms with Gasteiger partial charge < -0.3 is 14.5 Å². The SMILES string of the molecule is CN(CCOc1ccc(Cl)cc1)C(=O)C1CCN(C(=O)/C=C\c2ccccc2)CC1. The Morgan fingerprint density at radius 3 is 2.43 bits per heavy atom. The minimum Gasteiger partial charge on any atom is -0.492 e. The molecule has 1 fully saturated rings. The summed E-state index contributed by atoms with van der Waals surface area (Å²) in [6.07, 6.45) is 4.81. The van der Waals surface area contributed by atoms with E-state index < -0.39 is 0 Å². The second kappa shape index (κ2) is 10.8. The van der Waals surface area contributed by atoms with Crippen molar-refractivity contribution in [2.24, 2.45) is 5.92 Å². The van der Waals surface area contributed by atoms with Crippen LogP contribution in [-0.4, -0.2) is 54.9 Å². The predicted octanol–water partition coefficient (Wildman–Crippen LogP) is 4.13. The Hall–Kier alpha value is -2.79. The number of hydrogen-bond acceptors (Lipinski definition) is 3. The lowest BCUT2D eigenvalue weighted by Gasteiger charge is -2.32. The van der Waals surface area contributed by atoms with Gasteiger partial charge in [0.25, 0.3) is 0 Å². The molecule has 0 aromatic heterocycles. The topological polar surface area (TPSA) is 49.9 Å². The van der Waals surface area contributed by atoms with Crippen molar-refractivity contribution in [3.8, 4) is 5.75 Å². The summed E-state index contributed by atoms with van der Waals surface area (Å²) < 4.78 is 5.67. The van der Waals surface area contributed by atoms with Gasteiger partial charge in [-0.25, -0.2) is 0 Å². The summed E-state index contributed by atoms with van der Waals surface area (Å²) in [5.41, 5.74) is 0.998. The number of nitrogens with zero attached hydrogens (tertiary/aromatic N) is 2. The molecule has 1 saturated heterocycles. The van der Waals surface area contributed by atoms with E-state index in [-0.39, 0.29) is 17.7 Å². The monoisotopic (exact) mass is 426 g/mol. The van der Waals surface area contributed by atoms with E-state index in [1.165, 1.54) is 0 Å². The number of carbonyl (C=O) groups is 2. The van der Waals surface area contributed by atoms with Crippen molar-refractivity contribution in [1.29, 1.82) is 0 Å². The van der Waals surface area contributed by atoms with Gasteiger partial charge in [-0.1, -0.05) is 41.9 Å². The van der Waals surface area contributed by atoms with Crippen LogP contribution in [-0.2, 0) is 9.59 Å². The lowest BCUT2D eigenvalue weighted by Crippen LogP contribution is -2.43. The van der Waals surface area contributed by atoms with Gasteiger partial charge in [0.2, 0.25) is 11.8 Å². The molecule has 0 atom stereocenters. The molecule has 0 bridgehead atoms. The number of hydrogen-bond donors (Lipinski definition) is 0. The fourth-order valence-corrected chi connectivity index (χ4v) is 3.56. The zero-order valence-corrected chi connectivity index (χ0v) is 17.9.